The van der Waals surface area contributed by atoms with Crippen LogP contribution in [-0.4, -0.2) is 6.29 Å². The Morgan fingerprint density at radius 3 is 1.09 bits per heavy atom. The lowest BCUT2D eigenvalue weighted by Gasteiger charge is -2.27. The second-order valence-corrected chi connectivity index (χ2v) is 11.4. The summed E-state index contributed by atoms with van der Waals surface area (Å²) < 4.78 is 0. The molecule has 0 spiro atoms. The molecule has 3 heteroatoms. The van der Waals surface area contributed by atoms with E-state index in [-0.39, 0.29) is 24.0 Å². The van der Waals surface area contributed by atoms with Crippen LogP contribution in [0.2, 0.25) is 0 Å². The van der Waals surface area contributed by atoms with Crippen LogP contribution in [0.3, 0.4) is 0 Å². The van der Waals surface area contributed by atoms with Crippen LogP contribution in [-0.2, 0) is 0 Å². The molecule has 0 saturated heterocycles. The summed E-state index contributed by atoms with van der Waals surface area (Å²) in [6.45, 7) is 0. The van der Waals surface area contributed by atoms with Gasteiger partial charge in [-0.05, 0) is 59.7 Å². The summed E-state index contributed by atoms with van der Waals surface area (Å²) in [5, 5.41) is 5.33. The molecule has 0 N–H and O–H groups in total. The van der Waals surface area contributed by atoms with Gasteiger partial charge in [0.1, 0.15) is 34.8 Å². The summed E-state index contributed by atoms with van der Waals surface area (Å²) in [5.41, 5.74) is 2.94. The SMILES string of the molecule is O=Cc1ccc(-c2ccc([P+](c3ccccc3)(c3ccccc3)c3ccccc3)cc2)cc1.[I-]. The summed E-state index contributed by atoms with van der Waals surface area (Å²) in [6.07, 6.45) is 0.880. The quantitative estimate of drug-likeness (QED) is 0.175. The molecule has 0 unspecified atom stereocenters. The maximum Gasteiger partial charge on any atom is 0.150 e. The molecule has 0 radical (unpaired) electrons. The molecule has 0 aliphatic rings. The first-order chi connectivity index (χ1) is 16.3. The predicted octanol–water partition coefficient (Wildman–Crippen LogP) is 2.79. The Morgan fingerprint density at radius 1 is 0.412 bits per heavy atom. The smallest absolute Gasteiger partial charge is 0.150 e. The van der Waals surface area contributed by atoms with Crippen molar-refractivity contribution >= 4 is 34.8 Å². The van der Waals surface area contributed by atoms with E-state index in [4.69, 9.17) is 0 Å². The number of carbonyl (C=O) groups excluding carboxylic acids is 1. The van der Waals surface area contributed by atoms with Gasteiger partial charge in [-0.3, -0.25) is 4.79 Å². The zero-order chi connectivity index (χ0) is 22.5. The highest BCUT2D eigenvalue weighted by Crippen LogP contribution is 2.54. The van der Waals surface area contributed by atoms with E-state index in [0.717, 1.165) is 17.4 Å². The first-order valence-corrected chi connectivity index (χ1v) is 12.8. The van der Waals surface area contributed by atoms with E-state index in [1.807, 2.05) is 24.3 Å². The standard InChI is InChI=1S/C31H24OP.HI/c32-24-25-16-18-26(19-17-25)27-20-22-31(23-21-27)33(28-10-4-1-5-11-28,29-12-6-2-7-13-29)30-14-8-3-9-15-30;/h1-24H;1H/q+1;/p-1. The summed E-state index contributed by atoms with van der Waals surface area (Å²) in [5.74, 6) is 0. The molecule has 0 fully saturated rings. The molecule has 5 aromatic carbocycles. The van der Waals surface area contributed by atoms with E-state index in [0.29, 0.717) is 5.56 Å². The van der Waals surface area contributed by atoms with E-state index in [2.05, 4.69) is 115 Å². The third kappa shape index (κ3) is 4.49. The lowest BCUT2D eigenvalue weighted by molar-refractivity contribution is -0.0000126. The molecule has 5 aromatic rings. The van der Waals surface area contributed by atoms with Crippen molar-refractivity contribution in [3.05, 3.63) is 145 Å². The van der Waals surface area contributed by atoms with Crippen LogP contribution in [0.1, 0.15) is 10.4 Å². The van der Waals surface area contributed by atoms with Crippen molar-refractivity contribution in [2.24, 2.45) is 0 Å². The van der Waals surface area contributed by atoms with Crippen LogP contribution in [0.5, 0.6) is 0 Å². The van der Waals surface area contributed by atoms with Crippen LogP contribution < -0.4 is 45.2 Å². The second kappa shape index (κ2) is 10.9. The average molecular weight is 570 g/mol. The Balaban J connectivity index is 0.00000274. The Kier molecular flexibility index (Phi) is 7.72. The van der Waals surface area contributed by atoms with Gasteiger partial charge in [-0.15, -0.1) is 0 Å². The normalized spacial score (nSPS) is 10.8. The lowest BCUT2D eigenvalue weighted by Crippen LogP contribution is -3.00. The summed E-state index contributed by atoms with van der Waals surface area (Å²) in [7, 11) is -2.08. The fraction of sp³-hybridized carbons (Fsp3) is 0. The largest absolute Gasteiger partial charge is 1.00 e. The molecule has 5 rings (SSSR count). The Labute approximate surface area is 218 Å². The summed E-state index contributed by atoms with van der Waals surface area (Å²) in [4.78, 5) is 11.0. The third-order valence-corrected chi connectivity index (χ3v) is 10.4. The monoisotopic (exact) mass is 570 g/mol. The van der Waals surface area contributed by atoms with E-state index in [1.165, 1.54) is 21.2 Å². The highest BCUT2D eigenvalue weighted by Gasteiger charge is 2.47. The van der Waals surface area contributed by atoms with Gasteiger partial charge >= 0.3 is 0 Å². The highest BCUT2D eigenvalue weighted by atomic mass is 127. The second-order valence-electron chi connectivity index (χ2n) is 7.96. The van der Waals surface area contributed by atoms with Gasteiger partial charge in [0.25, 0.3) is 0 Å². The third-order valence-electron chi connectivity index (χ3n) is 6.07. The topological polar surface area (TPSA) is 17.1 Å². The van der Waals surface area contributed by atoms with Gasteiger partial charge < -0.3 is 24.0 Å². The minimum Gasteiger partial charge on any atom is -1.00 e. The molecule has 166 valence electrons. The van der Waals surface area contributed by atoms with Gasteiger partial charge in [0.05, 0.1) is 0 Å². The van der Waals surface area contributed by atoms with Crippen LogP contribution in [0.25, 0.3) is 11.1 Å². The van der Waals surface area contributed by atoms with E-state index >= 15 is 0 Å². The number of rotatable bonds is 6. The Hall–Kier alpha value is -3.07. The maximum atomic E-state index is 11.0. The average Bonchev–Trinajstić information content (AvgIpc) is 2.91. The Bertz CT molecular complexity index is 1240. The molecule has 0 aliphatic carbocycles. The van der Waals surface area contributed by atoms with Gasteiger partial charge in [-0.2, -0.15) is 0 Å². The van der Waals surface area contributed by atoms with Crippen LogP contribution in [0.4, 0.5) is 0 Å². The van der Waals surface area contributed by atoms with E-state index < -0.39 is 7.26 Å². The number of carbonyl (C=O) groups is 1. The fourth-order valence-electron chi connectivity index (χ4n) is 4.48. The Morgan fingerprint density at radius 2 is 0.735 bits per heavy atom. The van der Waals surface area contributed by atoms with Gasteiger partial charge in [-0.1, -0.05) is 91.0 Å². The molecule has 0 atom stereocenters. The molecule has 0 bridgehead atoms. The van der Waals surface area contributed by atoms with Crippen molar-refractivity contribution in [2.45, 2.75) is 0 Å². The van der Waals surface area contributed by atoms with Crippen molar-refractivity contribution in [1.29, 1.82) is 0 Å². The number of aldehydes is 1. The van der Waals surface area contributed by atoms with Gasteiger partial charge in [-0.25, -0.2) is 0 Å². The van der Waals surface area contributed by atoms with Crippen molar-refractivity contribution in [3.63, 3.8) is 0 Å². The summed E-state index contributed by atoms with van der Waals surface area (Å²) >= 11 is 0. The number of benzene rings is 5. The lowest BCUT2D eigenvalue weighted by atomic mass is 10.0. The van der Waals surface area contributed by atoms with Crippen molar-refractivity contribution in [3.8, 4) is 11.1 Å². The molecule has 0 aliphatic heterocycles. The van der Waals surface area contributed by atoms with Gasteiger partial charge in [0.2, 0.25) is 0 Å². The van der Waals surface area contributed by atoms with Crippen molar-refractivity contribution in [2.75, 3.05) is 0 Å². The molecule has 1 nitrogen and oxygen atoms in total. The fourth-order valence-corrected chi connectivity index (χ4v) is 8.72. The van der Waals surface area contributed by atoms with Crippen LogP contribution >= 0.6 is 7.26 Å². The minimum absolute atomic E-state index is 0. The maximum absolute atomic E-state index is 11.0. The molecule has 0 amide bonds. The minimum atomic E-state index is -2.08. The van der Waals surface area contributed by atoms with Crippen LogP contribution in [0, 0.1) is 0 Å². The first-order valence-electron chi connectivity index (χ1n) is 11.0. The molecule has 0 aromatic heterocycles. The number of halogens is 1. The highest BCUT2D eigenvalue weighted by molar-refractivity contribution is 8.01. The first kappa shape index (κ1) is 24.1. The van der Waals surface area contributed by atoms with Crippen LogP contribution in [0.15, 0.2) is 140 Å². The molecule has 34 heavy (non-hydrogen) atoms. The van der Waals surface area contributed by atoms with Crippen molar-refractivity contribution in [1.82, 2.24) is 0 Å². The molecule has 0 heterocycles. The number of hydrogen-bond donors (Lipinski definition) is 0. The van der Waals surface area contributed by atoms with Crippen molar-refractivity contribution < 1.29 is 28.8 Å². The molecule has 0 saturated carbocycles. The zero-order valence-corrected chi connectivity index (χ0v) is 21.6. The van der Waals surface area contributed by atoms with E-state index in [1.54, 1.807) is 0 Å². The molecular weight excluding hydrogens is 546 g/mol. The van der Waals surface area contributed by atoms with Gasteiger partial charge in [0.15, 0.2) is 0 Å². The number of hydrogen-bond acceptors (Lipinski definition) is 1. The van der Waals surface area contributed by atoms with E-state index in [9.17, 15) is 4.79 Å². The van der Waals surface area contributed by atoms with Gasteiger partial charge in [0, 0.05) is 5.56 Å². The predicted molar refractivity (Wildman–Crippen MR) is 142 cm³/mol. The summed E-state index contributed by atoms with van der Waals surface area (Å²) in [6, 6.07) is 49.4. The molecular formula is C31H24IOP. The zero-order valence-electron chi connectivity index (χ0n) is 18.6.